The molecule has 2 heteroatoms. The van der Waals surface area contributed by atoms with Gasteiger partial charge in [0.15, 0.2) is 0 Å². The Labute approximate surface area is 87.3 Å². The van der Waals surface area contributed by atoms with E-state index in [2.05, 4.69) is 29.8 Å². The second kappa shape index (κ2) is 4.56. The minimum Gasteiger partial charge on any atom is -0.281 e. The van der Waals surface area contributed by atoms with Crippen LogP contribution >= 0.6 is 15.9 Å². The van der Waals surface area contributed by atoms with E-state index in [9.17, 15) is 4.79 Å². The lowest BCUT2D eigenvalue weighted by molar-refractivity contribution is 0.109. The van der Waals surface area contributed by atoms with Crippen LogP contribution in [0.2, 0.25) is 0 Å². The van der Waals surface area contributed by atoms with Gasteiger partial charge in [0.2, 0.25) is 4.69 Å². The van der Waals surface area contributed by atoms with E-state index in [0.29, 0.717) is 0 Å². The predicted octanol–water partition coefficient (Wildman–Crippen LogP) is 3.35. The Balaban J connectivity index is 3.29. The summed E-state index contributed by atoms with van der Waals surface area (Å²) in [6, 6.07) is 6.03. The maximum absolute atomic E-state index is 11.3. The Morgan fingerprint density at radius 1 is 1.23 bits per heavy atom. The van der Waals surface area contributed by atoms with Crippen LogP contribution in [0.15, 0.2) is 18.2 Å². The van der Waals surface area contributed by atoms with E-state index in [1.165, 1.54) is 0 Å². The lowest BCUT2D eigenvalue weighted by Crippen LogP contribution is -2.01. The van der Waals surface area contributed by atoms with Gasteiger partial charge in [0, 0.05) is 5.56 Å². The molecule has 0 aliphatic carbocycles. The molecule has 0 amide bonds. The Hall–Kier alpha value is -0.630. The lowest BCUT2D eigenvalue weighted by atomic mass is 9.99. The summed E-state index contributed by atoms with van der Waals surface area (Å²) in [6.07, 6.45) is 1.81. The van der Waals surface area contributed by atoms with Crippen molar-refractivity contribution in [3.63, 3.8) is 0 Å². The molecule has 0 aliphatic heterocycles. The summed E-state index contributed by atoms with van der Waals surface area (Å²) in [7, 11) is 0. The fraction of sp³-hybridized carbons (Fsp3) is 0.364. The molecule has 1 aromatic carbocycles. The molecule has 13 heavy (non-hydrogen) atoms. The maximum Gasteiger partial charge on any atom is 0.228 e. The average molecular weight is 241 g/mol. The van der Waals surface area contributed by atoms with Gasteiger partial charge in [0.25, 0.3) is 0 Å². The number of carbonyl (C=O) groups excluding carboxylic acids is 1. The van der Waals surface area contributed by atoms with Crippen LogP contribution in [0.5, 0.6) is 0 Å². The Morgan fingerprint density at radius 2 is 1.69 bits per heavy atom. The second-order valence-electron chi connectivity index (χ2n) is 2.93. The number of halogens is 1. The van der Waals surface area contributed by atoms with Crippen molar-refractivity contribution in [2.45, 2.75) is 26.7 Å². The fourth-order valence-corrected chi connectivity index (χ4v) is 2.00. The van der Waals surface area contributed by atoms with Gasteiger partial charge in [0.05, 0.1) is 0 Å². The van der Waals surface area contributed by atoms with Crippen molar-refractivity contribution in [2.24, 2.45) is 0 Å². The van der Waals surface area contributed by atoms with Crippen molar-refractivity contribution in [1.82, 2.24) is 0 Å². The second-order valence-corrected chi connectivity index (χ2v) is 3.65. The lowest BCUT2D eigenvalue weighted by Gasteiger charge is -2.08. The normalized spacial score (nSPS) is 10.1. The molecule has 0 fully saturated rings. The number of rotatable bonds is 3. The molecule has 0 saturated carbocycles. The molecule has 0 saturated heterocycles. The molecule has 1 aromatic rings. The summed E-state index contributed by atoms with van der Waals surface area (Å²) in [6.45, 7) is 4.13. The summed E-state index contributed by atoms with van der Waals surface area (Å²) < 4.78 is 0.00167. The number of aryl methyl sites for hydroxylation is 2. The molecule has 0 aromatic heterocycles. The summed E-state index contributed by atoms with van der Waals surface area (Å²) >= 11 is 3.03. The van der Waals surface area contributed by atoms with E-state index in [-0.39, 0.29) is 4.69 Å². The molecule has 0 unspecified atom stereocenters. The molecule has 0 heterocycles. The maximum atomic E-state index is 11.3. The predicted molar refractivity (Wildman–Crippen MR) is 58.5 cm³/mol. The van der Waals surface area contributed by atoms with E-state index in [1.807, 2.05) is 18.2 Å². The van der Waals surface area contributed by atoms with Crippen molar-refractivity contribution >= 4 is 20.6 Å². The van der Waals surface area contributed by atoms with Gasteiger partial charge in [-0.3, -0.25) is 4.79 Å². The first kappa shape index (κ1) is 10.5. The first-order valence-corrected chi connectivity index (χ1v) is 5.30. The third-order valence-electron chi connectivity index (χ3n) is 2.20. The summed E-state index contributed by atoms with van der Waals surface area (Å²) in [4.78, 5) is 11.3. The van der Waals surface area contributed by atoms with E-state index in [4.69, 9.17) is 0 Å². The monoisotopic (exact) mass is 240 g/mol. The highest BCUT2D eigenvalue weighted by Gasteiger charge is 2.10. The van der Waals surface area contributed by atoms with Gasteiger partial charge in [-0.15, -0.1) is 0 Å². The molecular formula is C11H13BrO. The van der Waals surface area contributed by atoms with Crippen molar-refractivity contribution in [3.8, 4) is 0 Å². The van der Waals surface area contributed by atoms with E-state index in [0.717, 1.165) is 29.5 Å². The molecule has 0 atom stereocenters. The highest BCUT2D eigenvalue weighted by atomic mass is 79.9. The Kier molecular flexibility index (Phi) is 3.67. The van der Waals surface area contributed by atoms with Crippen LogP contribution < -0.4 is 0 Å². The minimum atomic E-state index is 0.00167. The minimum absolute atomic E-state index is 0.00167. The summed E-state index contributed by atoms with van der Waals surface area (Å²) in [5.41, 5.74) is 3.11. The van der Waals surface area contributed by atoms with Crippen LogP contribution in [0.1, 0.15) is 35.3 Å². The zero-order valence-corrected chi connectivity index (χ0v) is 9.52. The third kappa shape index (κ3) is 2.19. The first-order valence-electron chi connectivity index (χ1n) is 4.51. The van der Waals surface area contributed by atoms with Gasteiger partial charge >= 0.3 is 0 Å². The van der Waals surface area contributed by atoms with E-state index in [1.54, 1.807) is 0 Å². The van der Waals surface area contributed by atoms with Crippen molar-refractivity contribution in [2.75, 3.05) is 0 Å². The van der Waals surface area contributed by atoms with Crippen LogP contribution in [0.25, 0.3) is 0 Å². The van der Waals surface area contributed by atoms with Gasteiger partial charge in [0.1, 0.15) is 0 Å². The molecule has 0 N–H and O–H groups in total. The van der Waals surface area contributed by atoms with Crippen LogP contribution in [-0.2, 0) is 12.8 Å². The summed E-state index contributed by atoms with van der Waals surface area (Å²) in [5.74, 6) is 0. The number of hydrogen-bond donors (Lipinski definition) is 0. The highest BCUT2D eigenvalue weighted by molar-refractivity contribution is 9.18. The molecular weight excluding hydrogens is 228 g/mol. The quantitative estimate of drug-likeness (QED) is 0.741. The van der Waals surface area contributed by atoms with Crippen molar-refractivity contribution < 1.29 is 4.79 Å². The Morgan fingerprint density at radius 3 is 2.00 bits per heavy atom. The number of hydrogen-bond acceptors (Lipinski definition) is 1. The van der Waals surface area contributed by atoms with E-state index < -0.39 is 0 Å². The molecule has 70 valence electrons. The van der Waals surface area contributed by atoms with Gasteiger partial charge in [-0.2, -0.15) is 0 Å². The molecule has 1 nitrogen and oxygen atoms in total. The van der Waals surface area contributed by atoms with Crippen molar-refractivity contribution in [1.29, 1.82) is 0 Å². The largest absolute Gasteiger partial charge is 0.281 e. The molecule has 0 bridgehead atoms. The van der Waals surface area contributed by atoms with Crippen LogP contribution in [0, 0.1) is 0 Å². The molecule has 1 rings (SSSR count). The third-order valence-corrected chi connectivity index (χ3v) is 2.59. The first-order chi connectivity index (χ1) is 6.20. The van der Waals surface area contributed by atoms with Crippen molar-refractivity contribution in [3.05, 3.63) is 34.9 Å². The SMILES string of the molecule is CCc1cccc(CC)c1C(=O)Br. The van der Waals surface area contributed by atoms with Gasteiger partial charge in [-0.05, 0) is 39.9 Å². The zero-order chi connectivity index (χ0) is 9.84. The smallest absolute Gasteiger partial charge is 0.228 e. The van der Waals surface area contributed by atoms with E-state index >= 15 is 0 Å². The topological polar surface area (TPSA) is 17.1 Å². The van der Waals surface area contributed by atoms with Gasteiger partial charge in [-0.25, -0.2) is 0 Å². The van der Waals surface area contributed by atoms with Crippen LogP contribution in [0.4, 0.5) is 0 Å². The number of carbonyl (C=O) groups is 1. The average Bonchev–Trinajstić information content (AvgIpc) is 2.16. The van der Waals surface area contributed by atoms with Crippen LogP contribution in [0.3, 0.4) is 0 Å². The van der Waals surface area contributed by atoms with Gasteiger partial charge < -0.3 is 0 Å². The summed E-state index contributed by atoms with van der Waals surface area (Å²) in [5, 5.41) is 0. The Bertz CT molecular complexity index is 296. The molecule has 0 radical (unpaired) electrons. The fourth-order valence-electron chi connectivity index (χ4n) is 1.50. The molecule has 0 spiro atoms. The van der Waals surface area contributed by atoms with Crippen LogP contribution in [-0.4, -0.2) is 4.69 Å². The zero-order valence-electron chi connectivity index (χ0n) is 7.93. The van der Waals surface area contributed by atoms with Gasteiger partial charge in [-0.1, -0.05) is 32.0 Å². The standard InChI is InChI=1S/C11H13BrO/c1-3-8-6-5-7-9(4-2)10(8)11(12)13/h5-7H,3-4H2,1-2H3. The molecule has 0 aliphatic rings. The highest BCUT2D eigenvalue weighted by Crippen LogP contribution is 2.19. The number of benzene rings is 1.